The Morgan fingerprint density at radius 1 is 1.05 bits per heavy atom. The van der Waals surface area contributed by atoms with Gasteiger partial charge in [-0.05, 0) is 61.4 Å². The van der Waals surface area contributed by atoms with Crippen molar-refractivity contribution < 1.29 is 14.3 Å². The monoisotopic (exact) mass is 537 g/mol. The van der Waals surface area contributed by atoms with Crippen molar-refractivity contribution in [3.8, 4) is 5.75 Å². The van der Waals surface area contributed by atoms with Crippen molar-refractivity contribution in [2.24, 2.45) is 10.9 Å². The summed E-state index contributed by atoms with van der Waals surface area (Å²) in [7, 11) is 0. The van der Waals surface area contributed by atoms with Gasteiger partial charge in [-0.1, -0.05) is 61.7 Å². The highest BCUT2D eigenvalue weighted by molar-refractivity contribution is 6.37. The van der Waals surface area contributed by atoms with E-state index >= 15 is 0 Å². The van der Waals surface area contributed by atoms with Crippen LogP contribution in [0.5, 0.6) is 5.75 Å². The van der Waals surface area contributed by atoms with Crippen LogP contribution < -0.4 is 15.0 Å². The predicted molar refractivity (Wildman–Crippen MR) is 150 cm³/mol. The summed E-state index contributed by atoms with van der Waals surface area (Å²) in [4.78, 5) is 33.5. The van der Waals surface area contributed by atoms with Crippen LogP contribution in [0.15, 0.2) is 71.7 Å². The van der Waals surface area contributed by atoms with Crippen molar-refractivity contribution in [3.63, 3.8) is 0 Å². The van der Waals surface area contributed by atoms with E-state index in [0.717, 1.165) is 12.2 Å². The van der Waals surface area contributed by atoms with Crippen LogP contribution in [0.4, 0.5) is 11.4 Å². The van der Waals surface area contributed by atoms with Gasteiger partial charge >= 0.3 is 0 Å². The summed E-state index contributed by atoms with van der Waals surface area (Å²) in [5, 5.41) is 3.89. The third kappa shape index (κ3) is 5.97. The fraction of sp³-hybridized carbons (Fsp3) is 0.276. The van der Waals surface area contributed by atoms with Crippen LogP contribution in [-0.4, -0.2) is 36.7 Å². The Bertz CT molecular complexity index is 1320. The summed E-state index contributed by atoms with van der Waals surface area (Å²) >= 11 is 13.0. The van der Waals surface area contributed by atoms with Gasteiger partial charge in [-0.15, -0.1) is 0 Å². The molecule has 4 rings (SSSR count). The number of amides is 2. The lowest BCUT2D eigenvalue weighted by molar-refractivity contribution is -0.123. The summed E-state index contributed by atoms with van der Waals surface area (Å²) in [6, 6.07) is 19.0. The van der Waals surface area contributed by atoms with Gasteiger partial charge in [0, 0.05) is 26.9 Å². The number of hydrogen-bond donors (Lipinski definition) is 1. The second-order valence-corrected chi connectivity index (χ2v) is 9.72. The van der Waals surface area contributed by atoms with Crippen molar-refractivity contribution in [2.45, 2.75) is 33.2 Å². The molecule has 8 heteroatoms. The highest BCUT2D eigenvalue weighted by Gasteiger charge is 2.36. The molecule has 0 bridgehead atoms. The van der Waals surface area contributed by atoms with Crippen molar-refractivity contribution in [1.29, 1.82) is 0 Å². The first kappa shape index (κ1) is 26.7. The van der Waals surface area contributed by atoms with Gasteiger partial charge in [0.05, 0.1) is 18.0 Å². The first-order chi connectivity index (χ1) is 17.8. The zero-order valence-electron chi connectivity index (χ0n) is 21.0. The summed E-state index contributed by atoms with van der Waals surface area (Å²) in [6.45, 7) is 6.28. The Balaban J connectivity index is 1.74. The first-order valence-electron chi connectivity index (χ1n) is 12.3. The standard InChI is InChI=1S/C29H29Cl2N3O3/c1-4-18(3)27-29(36)34(17-26(35)32-20-11-13-21(14-12-20)37-5-2)25-15-10-19(30)16-23(25)28(33-27)22-8-6-7-9-24(22)31/h6-16,18,27H,4-5,17H2,1-3H3,(H,32,35)/t18-,27+/m0/s1. The van der Waals surface area contributed by atoms with Crippen LogP contribution in [0.1, 0.15) is 38.3 Å². The number of anilines is 2. The molecule has 3 aromatic carbocycles. The second-order valence-electron chi connectivity index (χ2n) is 8.88. The third-order valence-corrected chi connectivity index (χ3v) is 6.92. The average molecular weight is 538 g/mol. The maximum Gasteiger partial charge on any atom is 0.252 e. The Morgan fingerprint density at radius 3 is 2.46 bits per heavy atom. The number of nitrogens with one attached hydrogen (secondary N) is 1. The number of hydrogen-bond acceptors (Lipinski definition) is 4. The molecule has 37 heavy (non-hydrogen) atoms. The Morgan fingerprint density at radius 2 is 1.78 bits per heavy atom. The van der Waals surface area contributed by atoms with Crippen molar-refractivity contribution in [2.75, 3.05) is 23.4 Å². The van der Waals surface area contributed by atoms with Gasteiger partial charge in [0.15, 0.2) is 0 Å². The van der Waals surface area contributed by atoms with Crippen LogP contribution in [0, 0.1) is 5.92 Å². The quantitative estimate of drug-likeness (QED) is 0.350. The molecule has 0 saturated carbocycles. The molecule has 0 spiro atoms. The normalized spacial score (nSPS) is 15.9. The van der Waals surface area contributed by atoms with Gasteiger partial charge in [0.25, 0.3) is 5.91 Å². The maximum absolute atomic E-state index is 13.9. The van der Waals surface area contributed by atoms with Crippen LogP contribution in [0.3, 0.4) is 0 Å². The number of aliphatic imine (C=N–C) groups is 1. The number of halogens is 2. The van der Waals surface area contributed by atoms with Crippen molar-refractivity contribution in [1.82, 2.24) is 0 Å². The van der Waals surface area contributed by atoms with Crippen molar-refractivity contribution in [3.05, 3.63) is 87.9 Å². The number of benzene rings is 3. The van der Waals surface area contributed by atoms with Gasteiger partial charge in [-0.2, -0.15) is 0 Å². The zero-order valence-corrected chi connectivity index (χ0v) is 22.5. The molecule has 2 atom stereocenters. The molecule has 1 N–H and O–H groups in total. The van der Waals surface area contributed by atoms with Crippen molar-refractivity contribution >= 4 is 52.1 Å². The number of rotatable bonds is 8. The molecule has 1 aliphatic rings. The first-order valence-corrected chi connectivity index (χ1v) is 13.0. The van der Waals surface area contributed by atoms with Crippen LogP contribution >= 0.6 is 23.2 Å². The molecule has 0 unspecified atom stereocenters. The molecular formula is C29H29Cl2N3O3. The van der Waals surface area contributed by atoms with E-state index < -0.39 is 6.04 Å². The number of benzodiazepines with no additional fused rings is 1. The summed E-state index contributed by atoms with van der Waals surface area (Å²) in [5.74, 6) is 0.0745. The molecule has 2 amide bonds. The molecule has 192 valence electrons. The van der Waals surface area contributed by atoms with Gasteiger partial charge in [-0.25, -0.2) is 0 Å². The molecule has 0 aliphatic carbocycles. The zero-order chi connectivity index (χ0) is 26.5. The van der Waals surface area contributed by atoms with Crippen LogP contribution in [-0.2, 0) is 9.59 Å². The Labute approximate surface area is 227 Å². The molecule has 0 aromatic heterocycles. The minimum absolute atomic E-state index is 0.0635. The molecule has 3 aromatic rings. The lowest BCUT2D eigenvalue weighted by atomic mass is 9.97. The highest BCUT2D eigenvalue weighted by atomic mass is 35.5. The molecular weight excluding hydrogens is 509 g/mol. The molecule has 0 radical (unpaired) electrons. The SMILES string of the molecule is CCOc1ccc(NC(=O)CN2C(=O)[C@@H]([C@@H](C)CC)N=C(c3ccccc3Cl)c3cc(Cl)ccc32)cc1. The predicted octanol–water partition coefficient (Wildman–Crippen LogP) is 6.63. The van der Waals surface area contributed by atoms with Crippen LogP contribution in [0.25, 0.3) is 0 Å². The maximum atomic E-state index is 13.9. The minimum Gasteiger partial charge on any atom is -0.494 e. The van der Waals surface area contributed by atoms with E-state index in [1.54, 1.807) is 48.5 Å². The number of nitrogens with zero attached hydrogens (tertiary/aromatic N) is 2. The Kier molecular flexibility index (Phi) is 8.52. The average Bonchev–Trinajstić information content (AvgIpc) is 3.00. The second kappa shape index (κ2) is 11.8. The number of carbonyl (C=O) groups is 2. The number of fused-ring (bicyclic) bond motifs is 1. The van der Waals surface area contributed by atoms with Crippen LogP contribution in [0.2, 0.25) is 10.0 Å². The van der Waals surface area contributed by atoms with E-state index in [-0.39, 0.29) is 24.3 Å². The molecule has 1 heterocycles. The fourth-order valence-electron chi connectivity index (χ4n) is 4.25. The van der Waals surface area contributed by atoms with Gasteiger partial charge in [0.1, 0.15) is 18.3 Å². The fourth-order valence-corrected chi connectivity index (χ4v) is 4.64. The van der Waals surface area contributed by atoms with E-state index in [4.69, 9.17) is 32.9 Å². The van der Waals surface area contributed by atoms with E-state index in [1.165, 1.54) is 4.90 Å². The van der Waals surface area contributed by atoms with E-state index in [0.29, 0.717) is 44.9 Å². The lowest BCUT2D eigenvalue weighted by Gasteiger charge is -2.26. The van der Waals surface area contributed by atoms with Gasteiger partial charge < -0.3 is 15.0 Å². The van der Waals surface area contributed by atoms with E-state index in [2.05, 4.69) is 5.32 Å². The molecule has 6 nitrogen and oxygen atoms in total. The lowest BCUT2D eigenvalue weighted by Crippen LogP contribution is -2.44. The van der Waals surface area contributed by atoms with Gasteiger partial charge in [-0.3, -0.25) is 14.6 Å². The topological polar surface area (TPSA) is 71.0 Å². The number of ether oxygens (including phenoxy) is 1. The summed E-state index contributed by atoms with van der Waals surface area (Å²) < 4.78 is 5.47. The van der Waals surface area contributed by atoms with E-state index in [1.807, 2.05) is 39.0 Å². The summed E-state index contributed by atoms with van der Waals surface area (Å²) in [5.41, 5.74) is 3.10. The molecule has 1 aliphatic heterocycles. The largest absolute Gasteiger partial charge is 0.494 e. The minimum atomic E-state index is -0.694. The summed E-state index contributed by atoms with van der Waals surface area (Å²) in [6.07, 6.45) is 0.735. The Hall–Kier alpha value is -3.35. The molecule has 0 fully saturated rings. The number of carbonyl (C=O) groups excluding carboxylic acids is 2. The molecule has 0 saturated heterocycles. The van der Waals surface area contributed by atoms with E-state index in [9.17, 15) is 9.59 Å². The highest BCUT2D eigenvalue weighted by Crippen LogP contribution is 2.34. The third-order valence-electron chi connectivity index (χ3n) is 6.35. The smallest absolute Gasteiger partial charge is 0.252 e. The van der Waals surface area contributed by atoms with Gasteiger partial charge in [0.2, 0.25) is 5.91 Å².